The average Bonchev–Trinajstić information content (AvgIpc) is 2.78. The van der Waals surface area contributed by atoms with E-state index in [-0.39, 0.29) is 0 Å². The highest BCUT2D eigenvalue weighted by molar-refractivity contribution is 4.88. The Bertz CT molecular complexity index is 232. The summed E-state index contributed by atoms with van der Waals surface area (Å²) in [6.45, 7) is 0.923. The molecule has 5 heteroatoms. The fraction of sp³-hybridized carbons (Fsp3) is 0.867. The highest BCUT2D eigenvalue weighted by atomic mass is 19.4. The van der Waals surface area contributed by atoms with Crippen molar-refractivity contribution in [2.45, 2.75) is 65.0 Å². The van der Waals surface area contributed by atoms with Gasteiger partial charge >= 0.3 is 6.68 Å². The molecule has 1 aliphatic heterocycles. The minimum atomic E-state index is -3.67. The second kappa shape index (κ2) is 13.1. The summed E-state index contributed by atoms with van der Waals surface area (Å²) in [4.78, 5) is 4.63. The van der Waals surface area contributed by atoms with Crippen molar-refractivity contribution in [1.82, 2.24) is 9.80 Å². The summed E-state index contributed by atoms with van der Waals surface area (Å²) in [5.41, 5.74) is 0. The molecule has 0 saturated heterocycles. The number of nitrogens with zero attached hydrogens (tertiary/aromatic N) is 2. The van der Waals surface area contributed by atoms with Crippen molar-refractivity contribution >= 4 is 0 Å². The van der Waals surface area contributed by atoms with Gasteiger partial charge in [-0.25, -0.2) is 0 Å². The Morgan fingerprint density at radius 1 is 0.900 bits per heavy atom. The maximum atomic E-state index is 9.67. The SMILES string of the molecule is CCCCCCCCCCN1C=CN(C)C1.FC(F)F. The second-order valence-electron chi connectivity index (χ2n) is 5.23. The number of halogens is 3. The smallest absolute Gasteiger partial charge is 0.362 e. The van der Waals surface area contributed by atoms with E-state index in [1.807, 2.05) is 0 Å². The molecule has 1 heterocycles. The molecule has 0 unspecified atom stereocenters. The van der Waals surface area contributed by atoms with Gasteiger partial charge in [0.2, 0.25) is 0 Å². The number of alkyl halides is 3. The van der Waals surface area contributed by atoms with Crippen LogP contribution in [0.15, 0.2) is 12.4 Å². The predicted octanol–water partition coefficient (Wildman–Crippen LogP) is 4.98. The lowest BCUT2D eigenvalue weighted by atomic mass is 10.1. The van der Waals surface area contributed by atoms with Gasteiger partial charge in [0.15, 0.2) is 0 Å². The fourth-order valence-corrected chi connectivity index (χ4v) is 2.18. The summed E-state index contributed by atoms with van der Waals surface area (Å²) in [6.07, 6.45) is 15.7. The van der Waals surface area contributed by atoms with Crippen LogP contribution in [0.3, 0.4) is 0 Å². The third kappa shape index (κ3) is 13.6. The van der Waals surface area contributed by atoms with Gasteiger partial charge in [0.25, 0.3) is 0 Å². The molecule has 20 heavy (non-hydrogen) atoms. The Morgan fingerprint density at radius 3 is 1.85 bits per heavy atom. The minimum absolute atomic E-state index is 1.08. The minimum Gasteiger partial charge on any atom is -0.362 e. The van der Waals surface area contributed by atoms with E-state index in [4.69, 9.17) is 0 Å². The largest absolute Gasteiger partial charge is 0.379 e. The molecule has 0 spiro atoms. The molecule has 0 bridgehead atoms. The first kappa shape index (κ1) is 19.1. The van der Waals surface area contributed by atoms with E-state index in [9.17, 15) is 13.2 Å². The van der Waals surface area contributed by atoms with Crippen molar-refractivity contribution in [1.29, 1.82) is 0 Å². The topological polar surface area (TPSA) is 6.48 Å². The second-order valence-corrected chi connectivity index (χ2v) is 5.23. The first-order valence-electron chi connectivity index (χ1n) is 7.61. The van der Waals surface area contributed by atoms with Crippen molar-refractivity contribution in [3.8, 4) is 0 Å². The van der Waals surface area contributed by atoms with Gasteiger partial charge in [-0.1, -0.05) is 51.9 Å². The molecule has 120 valence electrons. The first-order valence-corrected chi connectivity index (χ1v) is 7.61. The molecule has 0 saturated carbocycles. The van der Waals surface area contributed by atoms with Crippen molar-refractivity contribution in [3.63, 3.8) is 0 Å². The molecule has 0 aromatic heterocycles. The summed E-state index contributed by atoms with van der Waals surface area (Å²) >= 11 is 0. The molecule has 0 aromatic rings. The van der Waals surface area contributed by atoms with Gasteiger partial charge in [0.05, 0.1) is 6.67 Å². The van der Waals surface area contributed by atoms with E-state index in [2.05, 4.69) is 36.2 Å². The average molecular weight is 294 g/mol. The molecule has 1 rings (SSSR count). The Hall–Kier alpha value is -0.870. The zero-order valence-electron chi connectivity index (χ0n) is 12.8. The molecule has 0 atom stereocenters. The van der Waals surface area contributed by atoms with Crippen molar-refractivity contribution in [3.05, 3.63) is 12.4 Å². The fourth-order valence-electron chi connectivity index (χ4n) is 2.18. The number of hydrogen-bond donors (Lipinski definition) is 0. The van der Waals surface area contributed by atoms with Gasteiger partial charge in [0, 0.05) is 26.0 Å². The highest BCUT2D eigenvalue weighted by Crippen LogP contribution is 2.10. The molecule has 0 fully saturated rings. The van der Waals surface area contributed by atoms with Crippen LogP contribution in [-0.2, 0) is 0 Å². The van der Waals surface area contributed by atoms with E-state index in [1.54, 1.807) is 0 Å². The van der Waals surface area contributed by atoms with E-state index < -0.39 is 6.68 Å². The lowest BCUT2D eigenvalue weighted by molar-refractivity contribution is 0.00819. The molecule has 0 aromatic carbocycles. The zero-order valence-corrected chi connectivity index (χ0v) is 12.8. The van der Waals surface area contributed by atoms with Crippen LogP contribution < -0.4 is 0 Å². The third-order valence-corrected chi connectivity index (χ3v) is 3.24. The normalized spacial score (nSPS) is 13.9. The number of rotatable bonds is 9. The molecule has 1 aliphatic rings. The van der Waals surface area contributed by atoms with Gasteiger partial charge < -0.3 is 9.80 Å². The van der Waals surface area contributed by atoms with Crippen molar-refractivity contribution in [2.75, 3.05) is 20.3 Å². The van der Waals surface area contributed by atoms with Crippen LogP contribution >= 0.6 is 0 Å². The Kier molecular flexibility index (Phi) is 12.6. The van der Waals surface area contributed by atoms with Gasteiger partial charge in [-0.3, -0.25) is 0 Å². The molecule has 0 aliphatic carbocycles. The quantitative estimate of drug-likeness (QED) is 0.553. The summed E-state index contributed by atoms with van der Waals surface area (Å²) in [5, 5.41) is 0. The highest BCUT2D eigenvalue weighted by Gasteiger charge is 2.06. The van der Waals surface area contributed by atoms with Gasteiger partial charge in [-0.15, -0.1) is 0 Å². The molecular formula is C15H29F3N2. The summed E-state index contributed by atoms with van der Waals surface area (Å²) in [5.74, 6) is 0. The van der Waals surface area contributed by atoms with E-state index in [1.165, 1.54) is 57.9 Å². The lowest BCUT2D eigenvalue weighted by Crippen LogP contribution is -2.23. The Morgan fingerprint density at radius 2 is 1.40 bits per heavy atom. The first-order chi connectivity index (χ1) is 9.56. The summed E-state index contributed by atoms with van der Waals surface area (Å²) in [7, 11) is 2.13. The maximum absolute atomic E-state index is 9.67. The predicted molar refractivity (Wildman–Crippen MR) is 78.2 cm³/mol. The van der Waals surface area contributed by atoms with Gasteiger partial charge in [-0.2, -0.15) is 13.2 Å². The summed E-state index contributed by atoms with van der Waals surface area (Å²) in [6, 6.07) is 0. The number of hydrogen-bond acceptors (Lipinski definition) is 2. The Labute approximate surface area is 121 Å². The van der Waals surface area contributed by atoms with Crippen molar-refractivity contribution in [2.24, 2.45) is 0 Å². The van der Waals surface area contributed by atoms with Crippen molar-refractivity contribution < 1.29 is 13.2 Å². The van der Waals surface area contributed by atoms with Crippen LogP contribution in [0.2, 0.25) is 0 Å². The molecule has 0 N–H and O–H groups in total. The lowest BCUT2D eigenvalue weighted by Gasteiger charge is -2.17. The molecule has 0 radical (unpaired) electrons. The standard InChI is InChI=1S/C14H28N2.CHF3/c1-3-4-5-6-7-8-9-10-11-16-13-12-15(2)14-16;2-1(3)4/h12-13H,3-11,14H2,1-2H3;1H. The van der Waals surface area contributed by atoms with Crippen LogP contribution in [0.1, 0.15) is 58.3 Å². The van der Waals surface area contributed by atoms with E-state index in [0.717, 1.165) is 6.67 Å². The molecule has 2 nitrogen and oxygen atoms in total. The monoisotopic (exact) mass is 294 g/mol. The number of unbranched alkanes of at least 4 members (excludes halogenated alkanes) is 7. The van der Waals surface area contributed by atoms with E-state index >= 15 is 0 Å². The van der Waals surface area contributed by atoms with Gasteiger partial charge in [0.1, 0.15) is 0 Å². The van der Waals surface area contributed by atoms with Crippen LogP contribution in [0, 0.1) is 0 Å². The maximum Gasteiger partial charge on any atom is 0.379 e. The Balaban J connectivity index is 0.000000796. The summed E-state index contributed by atoms with van der Waals surface area (Å²) < 4.78 is 29.0. The van der Waals surface area contributed by atoms with Crippen LogP contribution in [0.25, 0.3) is 0 Å². The molecular weight excluding hydrogens is 265 g/mol. The van der Waals surface area contributed by atoms with Crippen LogP contribution in [0.4, 0.5) is 13.2 Å². The van der Waals surface area contributed by atoms with E-state index in [0.29, 0.717) is 0 Å². The zero-order chi connectivity index (χ0) is 15.2. The third-order valence-electron chi connectivity index (χ3n) is 3.24. The molecule has 0 amide bonds. The van der Waals surface area contributed by atoms with Crippen LogP contribution in [-0.4, -0.2) is 36.7 Å². The van der Waals surface area contributed by atoms with Gasteiger partial charge in [-0.05, 0) is 6.42 Å². The van der Waals surface area contributed by atoms with Crippen LogP contribution in [0.5, 0.6) is 0 Å².